The molecule has 172 valence electrons. The fourth-order valence-electron chi connectivity index (χ4n) is 2.64. The van der Waals surface area contributed by atoms with E-state index >= 15 is 0 Å². The minimum Gasteiger partial charge on any atom is -0.378 e. The van der Waals surface area contributed by atoms with Gasteiger partial charge in [-0.25, -0.2) is 0 Å². The van der Waals surface area contributed by atoms with Crippen molar-refractivity contribution in [3.05, 3.63) is 96.9 Å². The van der Waals surface area contributed by atoms with Crippen LogP contribution in [0.5, 0.6) is 5.75 Å². The SMILES string of the molecule is N#C/C(=C/c1cc(Br)ccc1OS(=O)(=O)c1ccc([N+](=O)[O-])cc1)C(=O)Nc1ccc(Br)cc1. The number of nitrogens with one attached hydrogen (secondary N) is 1. The lowest BCUT2D eigenvalue weighted by molar-refractivity contribution is -0.384. The number of non-ortho nitro benzene ring substituents is 1. The molecule has 0 spiro atoms. The van der Waals surface area contributed by atoms with Crippen molar-refractivity contribution in [1.29, 1.82) is 5.26 Å². The second kappa shape index (κ2) is 10.6. The van der Waals surface area contributed by atoms with Gasteiger partial charge in [-0.3, -0.25) is 14.9 Å². The molecule has 3 rings (SSSR count). The number of nitro groups is 1. The molecule has 1 N–H and O–H groups in total. The highest BCUT2D eigenvalue weighted by Gasteiger charge is 2.20. The second-order valence-corrected chi connectivity index (χ2v) is 9.98. The molecule has 0 saturated carbocycles. The van der Waals surface area contributed by atoms with Gasteiger partial charge in [0.05, 0.1) is 4.92 Å². The van der Waals surface area contributed by atoms with E-state index in [0.717, 1.165) is 28.7 Å². The molecule has 0 aliphatic heterocycles. The number of hydrogen-bond acceptors (Lipinski definition) is 7. The zero-order valence-electron chi connectivity index (χ0n) is 16.9. The van der Waals surface area contributed by atoms with Crippen molar-refractivity contribution in [2.75, 3.05) is 5.32 Å². The van der Waals surface area contributed by atoms with Gasteiger partial charge in [0.1, 0.15) is 22.3 Å². The van der Waals surface area contributed by atoms with Crippen LogP contribution in [-0.4, -0.2) is 19.2 Å². The average Bonchev–Trinajstić information content (AvgIpc) is 2.80. The number of nitriles is 1. The van der Waals surface area contributed by atoms with Gasteiger partial charge in [-0.1, -0.05) is 31.9 Å². The summed E-state index contributed by atoms with van der Waals surface area (Å²) in [5, 5.41) is 22.9. The van der Waals surface area contributed by atoms with E-state index in [0.29, 0.717) is 10.2 Å². The van der Waals surface area contributed by atoms with Crippen LogP contribution in [0.4, 0.5) is 11.4 Å². The van der Waals surface area contributed by atoms with Gasteiger partial charge in [0.15, 0.2) is 0 Å². The number of benzene rings is 3. The van der Waals surface area contributed by atoms with Gasteiger partial charge >= 0.3 is 10.1 Å². The topological polar surface area (TPSA) is 139 Å². The van der Waals surface area contributed by atoms with Crippen LogP contribution in [0, 0.1) is 21.4 Å². The second-order valence-electron chi connectivity index (χ2n) is 6.60. The zero-order valence-corrected chi connectivity index (χ0v) is 20.9. The van der Waals surface area contributed by atoms with Gasteiger partial charge in [-0.05, 0) is 60.7 Å². The number of anilines is 1. The molecule has 0 radical (unpaired) electrons. The number of nitrogens with zero attached hydrogens (tertiary/aromatic N) is 2. The Morgan fingerprint density at radius 3 is 2.24 bits per heavy atom. The van der Waals surface area contributed by atoms with Crippen molar-refractivity contribution in [1.82, 2.24) is 0 Å². The summed E-state index contributed by atoms with van der Waals surface area (Å²) in [5.41, 5.74) is 0.0310. The fourth-order valence-corrected chi connectivity index (χ4v) is 4.24. The van der Waals surface area contributed by atoms with Gasteiger partial charge in [0.2, 0.25) is 0 Å². The molecule has 9 nitrogen and oxygen atoms in total. The standard InChI is InChI=1S/C22H13Br2N3O6S/c23-16-1-4-18(5-2-16)26-22(28)15(13-25)11-14-12-17(24)3-10-21(14)33-34(31,32)20-8-6-19(7-9-20)27(29)30/h1-12H,(H,26,28)/b15-11-. The number of nitro benzene ring substituents is 1. The van der Waals surface area contributed by atoms with E-state index in [1.54, 1.807) is 30.3 Å². The third kappa shape index (κ3) is 6.28. The van der Waals surface area contributed by atoms with Crippen LogP contribution in [0.15, 0.2) is 86.1 Å². The van der Waals surface area contributed by atoms with Crippen molar-refractivity contribution in [2.24, 2.45) is 0 Å². The largest absolute Gasteiger partial charge is 0.378 e. The third-order valence-corrected chi connectivity index (χ3v) is 6.54. The Labute approximate surface area is 211 Å². The summed E-state index contributed by atoms with van der Waals surface area (Å²) in [7, 11) is -4.36. The molecule has 1 amide bonds. The number of hydrogen-bond donors (Lipinski definition) is 1. The number of carbonyl (C=O) groups excluding carboxylic acids is 1. The smallest absolute Gasteiger partial charge is 0.339 e. The van der Waals surface area contributed by atoms with Crippen LogP contribution < -0.4 is 9.50 Å². The Kier molecular flexibility index (Phi) is 7.83. The molecule has 0 unspecified atom stereocenters. The third-order valence-electron chi connectivity index (χ3n) is 4.27. The minimum atomic E-state index is -4.36. The van der Waals surface area contributed by atoms with Gasteiger partial charge in [-0.2, -0.15) is 13.7 Å². The lowest BCUT2D eigenvalue weighted by Gasteiger charge is -2.11. The maximum Gasteiger partial charge on any atom is 0.339 e. The van der Waals surface area contributed by atoms with Gasteiger partial charge in [-0.15, -0.1) is 0 Å². The number of amides is 1. The van der Waals surface area contributed by atoms with Crippen LogP contribution in [0.2, 0.25) is 0 Å². The molecule has 0 aliphatic rings. The average molecular weight is 607 g/mol. The van der Waals surface area contributed by atoms with Crippen LogP contribution in [0.25, 0.3) is 6.08 Å². The maximum absolute atomic E-state index is 12.7. The zero-order chi connectivity index (χ0) is 24.9. The van der Waals surface area contributed by atoms with Crippen LogP contribution in [0.3, 0.4) is 0 Å². The van der Waals surface area contributed by atoms with Crippen molar-refractivity contribution in [3.63, 3.8) is 0 Å². The normalized spacial score (nSPS) is 11.4. The highest BCUT2D eigenvalue weighted by molar-refractivity contribution is 9.10. The van der Waals surface area contributed by atoms with E-state index in [2.05, 4.69) is 37.2 Å². The van der Waals surface area contributed by atoms with Crippen molar-refractivity contribution in [2.45, 2.75) is 4.90 Å². The lowest BCUT2D eigenvalue weighted by atomic mass is 10.1. The Hall–Kier alpha value is -3.53. The molecule has 0 aliphatic carbocycles. The van der Waals surface area contributed by atoms with E-state index in [1.165, 1.54) is 24.3 Å². The summed E-state index contributed by atoms with van der Waals surface area (Å²) in [6.07, 6.45) is 1.19. The molecular formula is C22H13Br2N3O6S. The summed E-state index contributed by atoms with van der Waals surface area (Å²) >= 11 is 6.56. The summed E-state index contributed by atoms with van der Waals surface area (Å²) in [4.78, 5) is 22.4. The molecule has 0 fully saturated rings. The monoisotopic (exact) mass is 605 g/mol. The van der Waals surface area contributed by atoms with Crippen molar-refractivity contribution >= 4 is 65.3 Å². The lowest BCUT2D eigenvalue weighted by Crippen LogP contribution is -2.14. The van der Waals surface area contributed by atoms with Crippen molar-refractivity contribution in [3.8, 4) is 11.8 Å². The first-order valence-electron chi connectivity index (χ1n) is 9.26. The first-order chi connectivity index (χ1) is 16.1. The Morgan fingerprint density at radius 2 is 1.65 bits per heavy atom. The molecule has 0 bridgehead atoms. The number of rotatable bonds is 7. The molecule has 34 heavy (non-hydrogen) atoms. The predicted molar refractivity (Wildman–Crippen MR) is 131 cm³/mol. The Morgan fingerprint density at radius 1 is 1.03 bits per heavy atom. The molecular weight excluding hydrogens is 594 g/mol. The molecule has 0 aromatic heterocycles. The minimum absolute atomic E-state index is 0.141. The van der Waals surface area contributed by atoms with E-state index in [-0.39, 0.29) is 27.5 Å². The highest BCUT2D eigenvalue weighted by Crippen LogP contribution is 2.29. The molecule has 3 aromatic carbocycles. The van der Waals surface area contributed by atoms with E-state index in [4.69, 9.17) is 4.18 Å². The molecule has 3 aromatic rings. The van der Waals surface area contributed by atoms with Crippen LogP contribution in [0.1, 0.15) is 5.56 Å². The molecule has 12 heteroatoms. The van der Waals surface area contributed by atoms with Crippen LogP contribution in [-0.2, 0) is 14.9 Å². The quantitative estimate of drug-likeness (QED) is 0.124. The molecule has 0 atom stereocenters. The van der Waals surface area contributed by atoms with Crippen LogP contribution >= 0.6 is 31.9 Å². The van der Waals surface area contributed by atoms with Crippen molar-refractivity contribution < 1.29 is 22.3 Å². The Balaban J connectivity index is 1.92. The predicted octanol–water partition coefficient (Wildman–Crippen LogP) is 5.43. The van der Waals surface area contributed by atoms with Gasteiger partial charge in [0, 0.05) is 32.3 Å². The maximum atomic E-state index is 12.7. The molecule has 0 saturated heterocycles. The van der Waals surface area contributed by atoms with E-state index in [1.807, 2.05) is 0 Å². The number of carbonyl (C=O) groups is 1. The summed E-state index contributed by atoms with van der Waals surface area (Å²) < 4.78 is 32.0. The highest BCUT2D eigenvalue weighted by atomic mass is 79.9. The first kappa shape index (κ1) is 25.1. The van der Waals surface area contributed by atoms with E-state index in [9.17, 15) is 28.6 Å². The summed E-state index contributed by atoms with van der Waals surface area (Å²) in [6.45, 7) is 0. The first-order valence-corrected chi connectivity index (χ1v) is 12.3. The fraction of sp³-hybridized carbons (Fsp3) is 0. The van der Waals surface area contributed by atoms with Gasteiger partial charge in [0.25, 0.3) is 11.6 Å². The molecule has 0 heterocycles. The number of halogens is 2. The summed E-state index contributed by atoms with van der Waals surface area (Å²) in [5.74, 6) is -0.847. The summed E-state index contributed by atoms with van der Waals surface area (Å²) in [6, 6.07) is 17.0. The van der Waals surface area contributed by atoms with E-state index < -0.39 is 20.9 Å². The van der Waals surface area contributed by atoms with Gasteiger partial charge < -0.3 is 9.50 Å². The Bertz CT molecular complexity index is 1430.